The van der Waals surface area contributed by atoms with E-state index in [1.54, 1.807) is 0 Å². The van der Waals surface area contributed by atoms with Gasteiger partial charge in [-0.3, -0.25) is 4.79 Å². The molecule has 25 heavy (non-hydrogen) atoms. The zero-order valence-electron chi connectivity index (χ0n) is 14.4. The van der Waals surface area contributed by atoms with E-state index in [-0.39, 0.29) is 11.5 Å². The summed E-state index contributed by atoms with van der Waals surface area (Å²) in [6.45, 7) is 6.08. The van der Waals surface area contributed by atoms with E-state index in [4.69, 9.17) is 0 Å². The summed E-state index contributed by atoms with van der Waals surface area (Å²) in [4.78, 5) is 12.5. The molecule has 0 radical (unpaired) electrons. The molecular formula is C20H20BrN3O. The summed E-state index contributed by atoms with van der Waals surface area (Å²) in [5.74, 6) is -0.161. The summed E-state index contributed by atoms with van der Waals surface area (Å²) in [6.07, 6.45) is 1.42. The molecule has 1 amide bonds. The van der Waals surface area contributed by atoms with E-state index in [1.807, 2.05) is 55.5 Å². The Morgan fingerprint density at radius 3 is 2.60 bits per heavy atom. The van der Waals surface area contributed by atoms with Gasteiger partial charge in [0.2, 0.25) is 0 Å². The molecule has 0 atom stereocenters. The molecule has 0 aliphatic rings. The summed E-state index contributed by atoms with van der Waals surface area (Å²) < 4.78 is 0.912. The van der Waals surface area contributed by atoms with E-state index in [1.165, 1.54) is 6.20 Å². The second-order valence-electron chi connectivity index (χ2n) is 5.97. The number of hydrogen-bond acceptors (Lipinski definition) is 3. The molecule has 0 spiro atoms. The van der Waals surface area contributed by atoms with Crippen LogP contribution in [-0.2, 0) is 4.79 Å². The van der Waals surface area contributed by atoms with Gasteiger partial charge in [-0.15, -0.1) is 0 Å². The lowest BCUT2D eigenvalue weighted by Gasteiger charge is -2.16. The predicted octanol–water partition coefficient (Wildman–Crippen LogP) is 5.34. The van der Waals surface area contributed by atoms with E-state index in [9.17, 15) is 10.1 Å². The molecule has 0 aliphatic heterocycles. The van der Waals surface area contributed by atoms with Crippen molar-refractivity contribution < 1.29 is 4.79 Å². The maximum absolute atomic E-state index is 12.5. The number of rotatable bonds is 5. The molecule has 0 heterocycles. The van der Waals surface area contributed by atoms with Crippen molar-refractivity contribution in [3.63, 3.8) is 0 Å². The average molecular weight is 398 g/mol. The quantitative estimate of drug-likeness (QED) is 0.528. The van der Waals surface area contributed by atoms with E-state index in [0.717, 1.165) is 27.0 Å². The molecule has 0 fully saturated rings. The lowest BCUT2D eigenvalue weighted by molar-refractivity contribution is -0.112. The molecule has 4 nitrogen and oxygen atoms in total. The number of nitriles is 1. The third kappa shape index (κ3) is 4.94. The first-order valence-corrected chi connectivity index (χ1v) is 8.75. The Kier molecular flexibility index (Phi) is 6.37. The Morgan fingerprint density at radius 2 is 1.96 bits per heavy atom. The third-order valence-electron chi connectivity index (χ3n) is 3.74. The Balaban J connectivity index is 2.21. The van der Waals surface area contributed by atoms with Crippen molar-refractivity contribution in [3.05, 3.63) is 69.8 Å². The highest BCUT2D eigenvalue weighted by Gasteiger charge is 2.15. The number of benzene rings is 2. The highest BCUT2D eigenvalue weighted by Crippen LogP contribution is 2.27. The van der Waals surface area contributed by atoms with Gasteiger partial charge in [0, 0.05) is 22.0 Å². The number of amides is 1. The van der Waals surface area contributed by atoms with Crippen LogP contribution in [0.1, 0.15) is 30.9 Å². The van der Waals surface area contributed by atoms with Crippen LogP contribution < -0.4 is 10.6 Å². The number of nitrogens with zero attached hydrogens (tertiary/aromatic N) is 1. The van der Waals surface area contributed by atoms with Crippen LogP contribution >= 0.6 is 15.9 Å². The smallest absolute Gasteiger partial charge is 0.267 e. The number of anilines is 2. The van der Waals surface area contributed by atoms with Crippen molar-refractivity contribution in [1.82, 2.24) is 0 Å². The molecule has 0 unspecified atom stereocenters. The number of para-hydroxylation sites is 1. The number of nitrogens with one attached hydrogen (secondary N) is 2. The Morgan fingerprint density at radius 1 is 1.24 bits per heavy atom. The van der Waals surface area contributed by atoms with Gasteiger partial charge in [-0.05, 0) is 42.2 Å². The van der Waals surface area contributed by atoms with Crippen molar-refractivity contribution in [3.8, 4) is 6.07 Å². The molecule has 0 saturated carbocycles. The van der Waals surface area contributed by atoms with Crippen LogP contribution in [0.4, 0.5) is 11.4 Å². The number of carbonyl (C=O) groups is 1. The van der Waals surface area contributed by atoms with Crippen molar-refractivity contribution in [2.45, 2.75) is 26.7 Å². The van der Waals surface area contributed by atoms with Crippen LogP contribution in [-0.4, -0.2) is 5.91 Å². The molecule has 0 aliphatic carbocycles. The first kappa shape index (κ1) is 18.8. The molecule has 128 valence electrons. The number of carbonyl (C=O) groups excluding carboxylic acids is 1. The van der Waals surface area contributed by atoms with Crippen LogP contribution in [0, 0.1) is 18.3 Å². The molecule has 0 saturated heterocycles. The third-order valence-corrected chi connectivity index (χ3v) is 4.23. The Hall–Kier alpha value is -2.58. The normalized spacial score (nSPS) is 11.1. The lowest BCUT2D eigenvalue weighted by atomic mass is 9.98. The van der Waals surface area contributed by atoms with E-state index < -0.39 is 5.91 Å². The first-order valence-electron chi connectivity index (χ1n) is 7.95. The van der Waals surface area contributed by atoms with Gasteiger partial charge in [-0.25, -0.2) is 0 Å². The van der Waals surface area contributed by atoms with Crippen LogP contribution in [0.5, 0.6) is 0 Å². The molecule has 2 N–H and O–H groups in total. The molecule has 2 rings (SSSR count). The van der Waals surface area contributed by atoms with E-state index in [0.29, 0.717) is 0 Å². The summed E-state index contributed by atoms with van der Waals surface area (Å²) in [7, 11) is 0. The van der Waals surface area contributed by atoms with Crippen molar-refractivity contribution in [2.24, 2.45) is 0 Å². The van der Waals surface area contributed by atoms with Gasteiger partial charge in [0.25, 0.3) is 5.91 Å². The highest BCUT2D eigenvalue weighted by atomic mass is 79.9. The summed E-state index contributed by atoms with van der Waals surface area (Å²) in [5, 5.41) is 15.2. The summed E-state index contributed by atoms with van der Waals surface area (Å²) in [6, 6.07) is 15.3. The van der Waals surface area contributed by atoms with E-state index in [2.05, 4.69) is 40.4 Å². The average Bonchev–Trinajstić information content (AvgIpc) is 2.57. The maximum Gasteiger partial charge on any atom is 0.267 e. The van der Waals surface area contributed by atoms with Gasteiger partial charge in [0.15, 0.2) is 0 Å². The van der Waals surface area contributed by atoms with Crippen LogP contribution in [0.15, 0.2) is 58.7 Å². The SMILES string of the molecule is Cc1cccc(C(C)C)c1NC(=O)/C(C#N)=C\Nc1cccc(Br)c1. The fourth-order valence-corrected chi connectivity index (χ4v) is 2.80. The second kappa shape index (κ2) is 8.50. The number of hydrogen-bond donors (Lipinski definition) is 2. The van der Waals surface area contributed by atoms with Gasteiger partial charge in [0.1, 0.15) is 11.6 Å². The predicted molar refractivity (Wildman–Crippen MR) is 105 cm³/mol. The molecule has 5 heteroatoms. The minimum atomic E-state index is -0.429. The van der Waals surface area contributed by atoms with Crippen LogP contribution in [0.2, 0.25) is 0 Å². The van der Waals surface area contributed by atoms with Gasteiger partial charge in [0.05, 0.1) is 0 Å². The second-order valence-corrected chi connectivity index (χ2v) is 6.89. The molecule has 0 bridgehead atoms. The Labute approximate surface area is 156 Å². The standard InChI is InChI=1S/C20H20BrN3O/c1-13(2)18-9-4-6-14(3)19(18)24-20(25)15(11-22)12-23-17-8-5-7-16(21)10-17/h4-10,12-13,23H,1-3H3,(H,24,25)/b15-12-. The van der Waals surface area contributed by atoms with E-state index >= 15 is 0 Å². The zero-order valence-corrected chi connectivity index (χ0v) is 16.0. The van der Waals surface area contributed by atoms with Gasteiger partial charge in [-0.1, -0.05) is 54.0 Å². The maximum atomic E-state index is 12.5. The molecule has 2 aromatic carbocycles. The van der Waals surface area contributed by atoms with Crippen molar-refractivity contribution in [2.75, 3.05) is 10.6 Å². The minimum Gasteiger partial charge on any atom is -0.360 e. The van der Waals surface area contributed by atoms with Crippen molar-refractivity contribution in [1.29, 1.82) is 5.26 Å². The lowest BCUT2D eigenvalue weighted by Crippen LogP contribution is -2.17. The van der Waals surface area contributed by atoms with Crippen LogP contribution in [0.25, 0.3) is 0 Å². The molecular weight excluding hydrogens is 378 g/mol. The molecule has 0 aromatic heterocycles. The topological polar surface area (TPSA) is 64.9 Å². The fourth-order valence-electron chi connectivity index (χ4n) is 2.41. The van der Waals surface area contributed by atoms with Gasteiger partial charge < -0.3 is 10.6 Å². The van der Waals surface area contributed by atoms with Gasteiger partial charge in [-0.2, -0.15) is 5.26 Å². The van der Waals surface area contributed by atoms with Crippen LogP contribution in [0.3, 0.4) is 0 Å². The highest BCUT2D eigenvalue weighted by molar-refractivity contribution is 9.10. The minimum absolute atomic E-state index is 0.0120. The zero-order chi connectivity index (χ0) is 18.4. The largest absolute Gasteiger partial charge is 0.360 e. The molecule has 2 aromatic rings. The number of halogens is 1. The number of aryl methyl sites for hydroxylation is 1. The summed E-state index contributed by atoms with van der Waals surface area (Å²) >= 11 is 3.38. The Bertz CT molecular complexity index is 850. The van der Waals surface area contributed by atoms with Gasteiger partial charge >= 0.3 is 0 Å². The summed E-state index contributed by atoms with van der Waals surface area (Å²) in [5.41, 5.74) is 3.58. The van der Waals surface area contributed by atoms with Crippen molar-refractivity contribution >= 4 is 33.2 Å². The first-order chi connectivity index (χ1) is 11.9. The monoisotopic (exact) mass is 397 g/mol. The fraction of sp³-hybridized carbons (Fsp3) is 0.200.